The molecule has 0 aliphatic rings. The van der Waals surface area contributed by atoms with Crippen LogP contribution >= 0.6 is 0 Å². The third kappa shape index (κ3) is 2.26. The van der Waals surface area contributed by atoms with Gasteiger partial charge in [-0.1, -0.05) is 12.1 Å². The zero-order valence-corrected chi connectivity index (χ0v) is 11.6. The first-order chi connectivity index (χ1) is 10.9. The molecule has 106 valence electrons. The van der Waals surface area contributed by atoms with Crippen LogP contribution in [0.25, 0.3) is 22.3 Å². The summed E-state index contributed by atoms with van der Waals surface area (Å²) in [6, 6.07) is 11.7. The first-order valence-corrected chi connectivity index (χ1v) is 6.83. The van der Waals surface area contributed by atoms with Crippen LogP contribution in [0.2, 0.25) is 0 Å². The minimum atomic E-state index is 0.637. The number of benzene rings is 1. The van der Waals surface area contributed by atoms with Crippen molar-refractivity contribution in [3.05, 3.63) is 61.2 Å². The molecular formula is C16H12N6. The average Bonchev–Trinajstić information content (AvgIpc) is 3.09. The Bertz CT molecular complexity index is 902. The molecule has 22 heavy (non-hydrogen) atoms. The van der Waals surface area contributed by atoms with E-state index < -0.39 is 0 Å². The highest BCUT2D eigenvalue weighted by molar-refractivity contribution is 5.92. The molecule has 0 saturated heterocycles. The molecule has 0 bridgehead atoms. The van der Waals surface area contributed by atoms with Gasteiger partial charge in [0, 0.05) is 29.5 Å². The summed E-state index contributed by atoms with van der Waals surface area (Å²) in [6.07, 6.45) is 6.97. The summed E-state index contributed by atoms with van der Waals surface area (Å²) >= 11 is 0. The number of nitrogens with zero attached hydrogens (tertiary/aromatic N) is 4. The summed E-state index contributed by atoms with van der Waals surface area (Å²) < 4.78 is 0. The van der Waals surface area contributed by atoms with E-state index in [0.717, 1.165) is 28.0 Å². The van der Waals surface area contributed by atoms with E-state index >= 15 is 0 Å². The summed E-state index contributed by atoms with van der Waals surface area (Å²) in [5.74, 6) is 1.38. The molecule has 0 fully saturated rings. The van der Waals surface area contributed by atoms with Gasteiger partial charge >= 0.3 is 0 Å². The van der Waals surface area contributed by atoms with Crippen LogP contribution in [-0.2, 0) is 0 Å². The van der Waals surface area contributed by atoms with Gasteiger partial charge in [-0.25, -0.2) is 9.97 Å². The molecule has 2 N–H and O–H groups in total. The predicted octanol–water partition coefficient (Wildman–Crippen LogP) is 3.16. The number of para-hydroxylation sites is 1. The minimum absolute atomic E-state index is 0.637. The lowest BCUT2D eigenvalue weighted by Gasteiger charge is -2.09. The number of nitrogens with one attached hydrogen (secondary N) is 2. The van der Waals surface area contributed by atoms with Gasteiger partial charge in [-0.05, 0) is 24.3 Å². The fraction of sp³-hybridized carbons (Fsp3) is 0. The highest BCUT2D eigenvalue weighted by Gasteiger charge is 2.09. The molecule has 6 nitrogen and oxygen atoms in total. The van der Waals surface area contributed by atoms with Crippen LogP contribution in [0.5, 0.6) is 0 Å². The lowest BCUT2D eigenvalue weighted by atomic mass is 10.2. The molecule has 4 rings (SSSR count). The van der Waals surface area contributed by atoms with Crippen molar-refractivity contribution in [2.45, 2.75) is 0 Å². The van der Waals surface area contributed by atoms with Crippen LogP contribution < -0.4 is 5.32 Å². The van der Waals surface area contributed by atoms with Crippen molar-refractivity contribution >= 4 is 22.4 Å². The average molecular weight is 288 g/mol. The van der Waals surface area contributed by atoms with E-state index in [9.17, 15) is 0 Å². The normalized spacial score (nSPS) is 10.7. The summed E-state index contributed by atoms with van der Waals surface area (Å²) in [5.41, 5.74) is 2.60. The molecule has 1 aromatic carbocycles. The molecule has 3 aromatic heterocycles. The smallest absolute Gasteiger partial charge is 0.163 e. The Morgan fingerprint density at radius 3 is 2.73 bits per heavy atom. The van der Waals surface area contributed by atoms with Crippen molar-refractivity contribution in [3.63, 3.8) is 0 Å². The van der Waals surface area contributed by atoms with E-state index in [4.69, 9.17) is 0 Å². The van der Waals surface area contributed by atoms with Gasteiger partial charge in [0.05, 0.1) is 17.4 Å². The number of aromatic amines is 1. The Kier molecular flexibility index (Phi) is 2.97. The molecule has 4 aromatic rings. The van der Waals surface area contributed by atoms with Crippen LogP contribution in [0, 0.1) is 0 Å². The van der Waals surface area contributed by atoms with Crippen molar-refractivity contribution in [2.24, 2.45) is 0 Å². The third-order valence-corrected chi connectivity index (χ3v) is 3.28. The second-order valence-electron chi connectivity index (χ2n) is 4.77. The summed E-state index contributed by atoms with van der Waals surface area (Å²) in [5, 5.41) is 10.9. The summed E-state index contributed by atoms with van der Waals surface area (Å²) in [6.45, 7) is 0. The van der Waals surface area contributed by atoms with Gasteiger partial charge in [-0.2, -0.15) is 5.10 Å². The molecule has 0 aliphatic heterocycles. The van der Waals surface area contributed by atoms with Crippen LogP contribution in [-0.4, -0.2) is 25.1 Å². The number of rotatable bonds is 3. The molecule has 0 amide bonds. The number of aromatic nitrogens is 5. The predicted molar refractivity (Wildman–Crippen MR) is 84.6 cm³/mol. The number of anilines is 2. The molecular weight excluding hydrogens is 276 g/mol. The van der Waals surface area contributed by atoms with E-state index in [1.54, 1.807) is 24.8 Å². The maximum atomic E-state index is 4.64. The van der Waals surface area contributed by atoms with E-state index in [1.807, 2.05) is 36.4 Å². The maximum Gasteiger partial charge on any atom is 0.163 e. The molecule has 3 heterocycles. The summed E-state index contributed by atoms with van der Waals surface area (Å²) in [7, 11) is 0. The van der Waals surface area contributed by atoms with Crippen molar-refractivity contribution in [1.29, 1.82) is 0 Å². The third-order valence-electron chi connectivity index (χ3n) is 3.28. The second kappa shape index (κ2) is 5.25. The van der Waals surface area contributed by atoms with E-state index in [1.165, 1.54) is 0 Å². The molecule has 0 spiro atoms. The van der Waals surface area contributed by atoms with E-state index in [-0.39, 0.29) is 0 Å². The quantitative estimate of drug-likeness (QED) is 0.605. The number of hydrogen-bond acceptors (Lipinski definition) is 5. The van der Waals surface area contributed by atoms with Crippen LogP contribution in [0.3, 0.4) is 0 Å². The molecule has 0 unspecified atom stereocenters. The van der Waals surface area contributed by atoms with Gasteiger partial charge in [0.1, 0.15) is 5.82 Å². The van der Waals surface area contributed by atoms with E-state index in [0.29, 0.717) is 5.82 Å². The lowest BCUT2D eigenvalue weighted by Crippen LogP contribution is -1.98. The fourth-order valence-electron chi connectivity index (χ4n) is 2.25. The Morgan fingerprint density at radius 1 is 0.955 bits per heavy atom. The standard InChI is InChI=1S/C16H12N6/c1-2-6-14-13(5-1)16(20-12-9-18-19-10-12)22-15(21-14)11-4-3-7-17-8-11/h1-10H,(H,18,19)(H,20,21,22). The number of hydrogen-bond donors (Lipinski definition) is 2. The summed E-state index contributed by atoms with van der Waals surface area (Å²) in [4.78, 5) is 13.4. The molecule has 0 saturated carbocycles. The lowest BCUT2D eigenvalue weighted by molar-refractivity contribution is 1.09. The Balaban J connectivity index is 1.89. The van der Waals surface area contributed by atoms with Crippen LogP contribution in [0.1, 0.15) is 0 Å². The SMILES string of the molecule is c1cncc(-c2nc(Nc3cn[nH]c3)c3ccccc3n2)c1. The van der Waals surface area contributed by atoms with Crippen molar-refractivity contribution in [3.8, 4) is 11.4 Å². The Hall–Kier alpha value is -3.28. The number of pyridine rings is 1. The van der Waals surface area contributed by atoms with Gasteiger partial charge in [0.25, 0.3) is 0 Å². The van der Waals surface area contributed by atoms with Gasteiger partial charge in [-0.3, -0.25) is 10.1 Å². The van der Waals surface area contributed by atoms with Crippen molar-refractivity contribution < 1.29 is 0 Å². The van der Waals surface area contributed by atoms with Gasteiger partial charge in [-0.15, -0.1) is 0 Å². The zero-order chi connectivity index (χ0) is 14.8. The minimum Gasteiger partial charge on any atom is -0.337 e. The molecule has 6 heteroatoms. The van der Waals surface area contributed by atoms with Gasteiger partial charge in [0.2, 0.25) is 0 Å². The highest BCUT2D eigenvalue weighted by Crippen LogP contribution is 2.26. The monoisotopic (exact) mass is 288 g/mol. The molecule has 0 aliphatic carbocycles. The highest BCUT2D eigenvalue weighted by atomic mass is 15.1. The second-order valence-corrected chi connectivity index (χ2v) is 4.77. The van der Waals surface area contributed by atoms with Gasteiger partial charge < -0.3 is 5.32 Å². The van der Waals surface area contributed by atoms with Crippen molar-refractivity contribution in [1.82, 2.24) is 25.1 Å². The number of fused-ring (bicyclic) bond motifs is 1. The Labute approximate surface area is 126 Å². The fourth-order valence-corrected chi connectivity index (χ4v) is 2.25. The molecule has 0 radical (unpaired) electrons. The maximum absolute atomic E-state index is 4.64. The molecule has 0 atom stereocenters. The van der Waals surface area contributed by atoms with E-state index in [2.05, 4.69) is 30.5 Å². The van der Waals surface area contributed by atoms with Crippen molar-refractivity contribution in [2.75, 3.05) is 5.32 Å². The van der Waals surface area contributed by atoms with Gasteiger partial charge in [0.15, 0.2) is 5.82 Å². The topological polar surface area (TPSA) is 79.4 Å². The first kappa shape index (κ1) is 12.5. The Morgan fingerprint density at radius 2 is 1.91 bits per heavy atom. The zero-order valence-electron chi connectivity index (χ0n) is 11.6. The first-order valence-electron chi connectivity index (χ1n) is 6.83. The van der Waals surface area contributed by atoms with Crippen LogP contribution in [0.4, 0.5) is 11.5 Å². The van der Waals surface area contributed by atoms with Crippen LogP contribution in [0.15, 0.2) is 61.2 Å². The number of H-pyrrole nitrogens is 1. The largest absolute Gasteiger partial charge is 0.337 e.